The lowest BCUT2D eigenvalue weighted by molar-refractivity contribution is 0.209. The van der Waals surface area contributed by atoms with Crippen molar-refractivity contribution in [1.29, 1.82) is 0 Å². The van der Waals surface area contributed by atoms with Gasteiger partial charge < -0.3 is 15.1 Å². The van der Waals surface area contributed by atoms with E-state index < -0.39 is 0 Å². The van der Waals surface area contributed by atoms with E-state index in [0.29, 0.717) is 10.9 Å². The molecular weight excluding hydrogens is 476 g/mol. The van der Waals surface area contributed by atoms with Gasteiger partial charge in [-0.05, 0) is 61.4 Å². The number of fused-ring (bicyclic) bond motifs is 1. The molecule has 0 spiro atoms. The second-order valence-electron chi connectivity index (χ2n) is 9.50. The van der Waals surface area contributed by atoms with Crippen molar-refractivity contribution in [3.8, 4) is 0 Å². The number of aromatic nitrogens is 1. The maximum absolute atomic E-state index is 6.17. The lowest BCUT2D eigenvalue weighted by Gasteiger charge is -2.30. The molecule has 1 N–H and O–H groups in total. The largest absolute Gasteiger partial charge is 0.384 e. The molecular formula is C32H39ClN4. The van der Waals surface area contributed by atoms with Crippen molar-refractivity contribution in [1.82, 2.24) is 14.8 Å². The number of anilines is 1. The van der Waals surface area contributed by atoms with Gasteiger partial charge in [-0.3, -0.25) is 4.98 Å². The van der Waals surface area contributed by atoms with Crippen molar-refractivity contribution >= 4 is 28.2 Å². The van der Waals surface area contributed by atoms with E-state index in [1.165, 1.54) is 11.1 Å². The van der Waals surface area contributed by atoms with Crippen LogP contribution in [0.3, 0.4) is 0 Å². The molecule has 1 heterocycles. The smallest absolute Gasteiger partial charge is 0.0737 e. The summed E-state index contributed by atoms with van der Waals surface area (Å²) in [5.74, 6) is 0.348. The van der Waals surface area contributed by atoms with E-state index in [4.69, 9.17) is 11.6 Å². The molecule has 4 rings (SSSR count). The quantitative estimate of drug-likeness (QED) is 0.181. The van der Waals surface area contributed by atoms with E-state index in [1.54, 1.807) is 0 Å². The fraction of sp³-hybridized carbons (Fsp3) is 0.344. The van der Waals surface area contributed by atoms with Crippen LogP contribution in [0.1, 0.15) is 37.3 Å². The van der Waals surface area contributed by atoms with E-state index in [9.17, 15) is 0 Å². The molecule has 0 atom stereocenters. The number of hydrogen-bond donors (Lipinski definition) is 1. The molecule has 194 valence electrons. The number of likely N-dealkylation sites (N-methyl/N-ethyl adjacent to an activating group) is 1. The zero-order valence-electron chi connectivity index (χ0n) is 22.1. The fourth-order valence-corrected chi connectivity index (χ4v) is 5.12. The van der Waals surface area contributed by atoms with Gasteiger partial charge in [0.15, 0.2) is 0 Å². The van der Waals surface area contributed by atoms with Crippen LogP contribution < -0.4 is 5.32 Å². The third kappa shape index (κ3) is 7.78. The van der Waals surface area contributed by atoms with Crippen molar-refractivity contribution in [2.75, 3.05) is 51.1 Å². The first-order valence-electron chi connectivity index (χ1n) is 13.5. The van der Waals surface area contributed by atoms with E-state index in [-0.39, 0.29) is 0 Å². The Bertz CT molecular complexity index is 1170. The van der Waals surface area contributed by atoms with E-state index >= 15 is 0 Å². The number of benzene rings is 3. The summed E-state index contributed by atoms with van der Waals surface area (Å²) < 4.78 is 0. The zero-order valence-corrected chi connectivity index (χ0v) is 22.9. The van der Waals surface area contributed by atoms with Gasteiger partial charge in [-0.25, -0.2) is 0 Å². The van der Waals surface area contributed by atoms with Crippen LogP contribution in [0.15, 0.2) is 91.1 Å². The van der Waals surface area contributed by atoms with Gasteiger partial charge >= 0.3 is 0 Å². The topological polar surface area (TPSA) is 31.4 Å². The van der Waals surface area contributed by atoms with Crippen molar-refractivity contribution in [3.63, 3.8) is 0 Å². The van der Waals surface area contributed by atoms with E-state index in [1.807, 2.05) is 24.4 Å². The summed E-state index contributed by atoms with van der Waals surface area (Å²) in [4.78, 5) is 9.63. The van der Waals surface area contributed by atoms with Gasteiger partial charge in [-0.1, -0.05) is 86.1 Å². The highest BCUT2D eigenvalue weighted by Crippen LogP contribution is 2.26. The van der Waals surface area contributed by atoms with Crippen LogP contribution in [-0.2, 0) is 0 Å². The summed E-state index contributed by atoms with van der Waals surface area (Å²) >= 11 is 6.17. The Morgan fingerprint density at radius 3 is 2.08 bits per heavy atom. The minimum atomic E-state index is 0.348. The Morgan fingerprint density at radius 2 is 1.43 bits per heavy atom. The zero-order chi connectivity index (χ0) is 25.9. The van der Waals surface area contributed by atoms with E-state index in [2.05, 4.69) is 101 Å². The van der Waals surface area contributed by atoms with Gasteiger partial charge in [0.05, 0.1) is 5.52 Å². The highest BCUT2D eigenvalue weighted by atomic mass is 35.5. The number of nitrogens with zero attached hydrogens (tertiary/aromatic N) is 3. The fourth-order valence-electron chi connectivity index (χ4n) is 4.95. The Kier molecular flexibility index (Phi) is 10.4. The Labute approximate surface area is 227 Å². The molecule has 0 radical (unpaired) electrons. The van der Waals surface area contributed by atoms with Crippen LogP contribution in [0, 0.1) is 0 Å². The Hall–Kier alpha value is -2.92. The predicted molar refractivity (Wildman–Crippen MR) is 159 cm³/mol. The molecule has 4 aromatic rings. The molecule has 0 aliphatic rings. The highest BCUT2D eigenvalue weighted by Gasteiger charge is 2.18. The highest BCUT2D eigenvalue weighted by molar-refractivity contribution is 6.31. The van der Waals surface area contributed by atoms with Crippen LogP contribution in [0.5, 0.6) is 0 Å². The lowest BCUT2D eigenvalue weighted by atomic mass is 9.90. The molecule has 4 nitrogen and oxygen atoms in total. The first-order valence-corrected chi connectivity index (χ1v) is 13.9. The second-order valence-corrected chi connectivity index (χ2v) is 9.94. The number of halogens is 1. The molecule has 0 saturated heterocycles. The third-order valence-electron chi connectivity index (χ3n) is 7.14. The monoisotopic (exact) mass is 514 g/mol. The average molecular weight is 515 g/mol. The van der Waals surface area contributed by atoms with Crippen molar-refractivity contribution in [2.45, 2.75) is 26.2 Å². The lowest BCUT2D eigenvalue weighted by Crippen LogP contribution is -2.38. The van der Waals surface area contributed by atoms with Crippen LogP contribution in [0.2, 0.25) is 5.02 Å². The van der Waals surface area contributed by atoms with Gasteiger partial charge in [0.2, 0.25) is 0 Å². The molecule has 0 aliphatic carbocycles. The molecule has 3 aromatic carbocycles. The van der Waals surface area contributed by atoms with E-state index in [0.717, 1.165) is 68.8 Å². The van der Waals surface area contributed by atoms with Gasteiger partial charge in [0.1, 0.15) is 0 Å². The summed E-state index contributed by atoms with van der Waals surface area (Å²) in [5.41, 5.74) is 4.79. The third-order valence-corrected chi connectivity index (χ3v) is 7.38. The molecule has 0 unspecified atom stereocenters. The summed E-state index contributed by atoms with van der Waals surface area (Å²) in [6.45, 7) is 11.8. The summed E-state index contributed by atoms with van der Waals surface area (Å²) in [6, 6.07) is 29.8. The van der Waals surface area contributed by atoms with Gasteiger partial charge in [0.25, 0.3) is 0 Å². The molecule has 0 saturated carbocycles. The summed E-state index contributed by atoms with van der Waals surface area (Å²) in [7, 11) is 0. The van der Waals surface area contributed by atoms with Gasteiger partial charge in [0, 0.05) is 54.4 Å². The van der Waals surface area contributed by atoms with Crippen molar-refractivity contribution < 1.29 is 0 Å². The molecule has 0 fully saturated rings. The summed E-state index contributed by atoms with van der Waals surface area (Å²) in [6.07, 6.45) is 2.91. The number of pyridine rings is 1. The number of rotatable bonds is 14. The minimum absolute atomic E-state index is 0.348. The van der Waals surface area contributed by atoms with Gasteiger partial charge in [-0.15, -0.1) is 0 Å². The Balaban J connectivity index is 1.45. The maximum atomic E-state index is 6.17. The molecule has 0 bridgehead atoms. The molecule has 37 heavy (non-hydrogen) atoms. The minimum Gasteiger partial charge on any atom is -0.384 e. The SMILES string of the molecule is CCN(CC)CCN(CCCNc1ccnc2cc(Cl)ccc12)CC(c1ccccc1)c1ccccc1. The van der Waals surface area contributed by atoms with Gasteiger partial charge in [-0.2, -0.15) is 0 Å². The number of hydrogen-bond acceptors (Lipinski definition) is 4. The standard InChI is InChI=1S/C32H39ClN4/c1-3-36(4-2)22-23-37(25-30(26-12-7-5-8-13-26)27-14-9-6-10-15-27)21-11-19-34-31-18-20-35-32-24-28(33)16-17-29(31)32/h5-10,12-18,20,24,30H,3-4,11,19,21-23,25H2,1-2H3,(H,34,35). The first kappa shape index (κ1) is 27.1. The first-order chi connectivity index (χ1) is 18.2. The molecule has 0 amide bonds. The van der Waals surface area contributed by atoms with Crippen LogP contribution in [0.25, 0.3) is 10.9 Å². The Morgan fingerprint density at radius 1 is 0.784 bits per heavy atom. The van der Waals surface area contributed by atoms with Crippen LogP contribution >= 0.6 is 11.6 Å². The molecule has 1 aromatic heterocycles. The van der Waals surface area contributed by atoms with Crippen molar-refractivity contribution in [3.05, 3.63) is 107 Å². The number of nitrogens with one attached hydrogen (secondary N) is 1. The average Bonchev–Trinajstić information content (AvgIpc) is 2.94. The molecule has 5 heteroatoms. The predicted octanol–water partition coefficient (Wildman–Crippen LogP) is 7.17. The van der Waals surface area contributed by atoms with Crippen LogP contribution in [-0.4, -0.2) is 60.6 Å². The maximum Gasteiger partial charge on any atom is 0.0737 e. The normalized spacial score (nSPS) is 11.6. The summed E-state index contributed by atoms with van der Waals surface area (Å²) in [5, 5.41) is 5.47. The molecule has 0 aliphatic heterocycles. The van der Waals surface area contributed by atoms with Crippen molar-refractivity contribution in [2.24, 2.45) is 0 Å². The van der Waals surface area contributed by atoms with Crippen LogP contribution in [0.4, 0.5) is 5.69 Å². The second kappa shape index (κ2) is 14.1.